The van der Waals surface area contributed by atoms with Gasteiger partial charge in [0, 0.05) is 17.0 Å². The molecule has 1 aliphatic rings. The summed E-state index contributed by atoms with van der Waals surface area (Å²) in [5, 5.41) is 4.19. The molecule has 0 heterocycles. The van der Waals surface area contributed by atoms with Gasteiger partial charge in [-0.2, -0.15) is 0 Å². The molecule has 0 spiro atoms. The first-order valence-electron chi connectivity index (χ1n) is 6.10. The SMILES string of the molecule is CNCC1(c2ccc(Cl)cc2)CCCC1C. The predicted octanol–water partition coefficient (Wildman–Crippen LogP) is 3.62. The Kier molecular flexibility index (Phi) is 3.56. The zero-order chi connectivity index (χ0) is 11.6. The summed E-state index contributed by atoms with van der Waals surface area (Å²) >= 11 is 5.96. The van der Waals surface area contributed by atoms with Crippen LogP contribution in [0, 0.1) is 5.92 Å². The molecule has 2 atom stereocenters. The third kappa shape index (κ3) is 1.99. The number of hydrogen-bond acceptors (Lipinski definition) is 1. The summed E-state index contributed by atoms with van der Waals surface area (Å²) in [5.41, 5.74) is 1.76. The maximum absolute atomic E-state index is 5.96. The van der Waals surface area contributed by atoms with Gasteiger partial charge in [0.05, 0.1) is 0 Å². The van der Waals surface area contributed by atoms with Crippen LogP contribution >= 0.6 is 11.6 Å². The molecule has 1 aromatic rings. The Labute approximate surface area is 103 Å². The van der Waals surface area contributed by atoms with E-state index in [0.717, 1.165) is 17.5 Å². The predicted molar refractivity (Wildman–Crippen MR) is 70.1 cm³/mol. The monoisotopic (exact) mass is 237 g/mol. The smallest absolute Gasteiger partial charge is 0.0406 e. The summed E-state index contributed by atoms with van der Waals surface area (Å²) in [5.74, 6) is 0.751. The molecule has 1 aliphatic carbocycles. The van der Waals surface area contributed by atoms with Gasteiger partial charge in [0.2, 0.25) is 0 Å². The fourth-order valence-electron chi connectivity index (χ4n) is 3.14. The fourth-order valence-corrected chi connectivity index (χ4v) is 3.26. The number of benzene rings is 1. The third-order valence-corrected chi connectivity index (χ3v) is 4.37. The Hall–Kier alpha value is -0.530. The van der Waals surface area contributed by atoms with E-state index in [1.807, 2.05) is 19.2 Å². The molecule has 2 heteroatoms. The number of halogens is 1. The number of nitrogens with one attached hydrogen (secondary N) is 1. The van der Waals surface area contributed by atoms with Crippen LogP contribution in [0.2, 0.25) is 5.02 Å². The lowest BCUT2D eigenvalue weighted by molar-refractivity contribution is 0.326. The number of hydrogen-bond donors (Lipinski definition) is 1. The van der Waals surface area contributed by atoms with Crippen molar-refractivity contribution < 1.29 is 0 Å². The molecule has 0 radical (unpaired) electrons. The van der Waals surface area contributed by atoms with Crippen LogP contribution in [0.5, 0.6) is 0 Å². The van der Waals surface area contributed by atoms with Gasteiger partial charge in [-0.05, 0) is 43.5 Å². The van der Waals surface area contributed by atoms with E-state index in [4.69, 9.17) is 11.6 Å². The zero-order valence-electron chi connectivity index (χ0n) is 10.1. The maximum atomic E-state index is 5.96. The zero-order valence-corrected chi connectivity index (χ0v) is 10.8. The van der Waals surface area contributed by atoms with Crippen LogP contribution in [0.25, 0.3) is 0 Å². The highest BCUT2D eigenvalue weighted by Gasteiger charge is 2.40. The topological polar surface area (TPSA) is 12.0 Å². The number of likely N-dealkylation sites (N-methyl/N-ethyl adjacent to an activating group) is 1. The lowest BCUT2D eigenvalue weighted by Crippen LogP contribution is -2.39. The first-order chi connectivity index (χ1) is 7.69. The van der Waals surface area contributed by atoms with Gasteiger partial charge in [0.15, 0.2) is 0 Å². The Balaban J connectivity index is 2.35. The first kappa shape index (κ1) is 11.9. The van der Waals surface area contributed by atoms with Crippen molar-refractivity contribution in [2.45, 2.75) is 31.6 Å². The second kappa shape index (κ2) is 4.77. The molecule has 16 heavy (non-hydrogen) atoms. The van der Waals surface area contributed by atoms with Crippen LogP contribution < -0.4 is 5.32 Å². The lowest BCUT2D eigenvalue weighted by Gasteiger charge is -2.34. The molecule has 0 aromatic heterocycles. The molecule has 2 rings (SSSR count). The van der Waals surface area contributed by atoms with Gasteiger partial charge in [-0.15, -0.1) is 0 Å². The molecule has 0 aliphatic heterocycles. The molecule has 1 fully saturated rings. The lowest BCUT2D eigenvalue weighted by atomic mass is 9.73. The molecule has 1 aromatic carbocycles. The molecule has 1 saturated carbocycles. The fraction of sp³-hybridized carbons (Fsp3) is 0.571. The number of rotatable bonds is 3. The van der Waals surface area contributed by atoms with E-state index < -0.39 is 0 Å². The van der Waals surface area contributed by atoms with Crippen LogP contribution in [0.4, 0.5) is 0 Å². The van der Waals surface area contributed by atoms with Gasteiger partial charge < -0.3 is 5.32 Å². The molecule has 0 bridgehead atoms. The highest BCUT2D eigenvalue weighted by molar-refractivity contribution is 6.30. The average molecular weight is 238 g/mol. The van der Waals surface area contributed by atoms with Gasteiger partial charge in [-0.1, -0.05) is 37.1 Å². The van der Waals surface area contributed by atoms with Crippen molar-refractivity contribution in [3.63, 3.8) is 0 Å². The summed E-state index contributed by atoms with van der Waals surface area (Å²) in [6.45, 7) is 3.44. The van der Waals surface area contributed by atoms with Crippen molar-refractivity contribution in [2.75, 3.05) is 13.6 Å². The second-order valence-corrected chi connectivity index (χ2v) is 5.42. The van der Waals surface area contributed by atoms with E-state index in [2.05, 4.69) is 24.4 Å². The molecular weight excluding hydrogens is 218 g/mol. The first-order valence-corrected chi connectivity index (χ1v) is 6.47. The van der Waals surface area contributed by atoms with E-state index in [0.29, 0.717) is 5.41 Å². The normalized spacial score (nSPS) is 29.6. The van der Waals surface area contributed by atoms with Crippen molar-refractivity contribution in [3.8, 4) is 0 Å². The van der Waals surface area contributed by atoms with Gasteiger partial charge in [0.1, 0.15) is 0 Å². The van der Waals surface area contributed by atoms with Crippen molar-refractivity contribution in [1.29, 1.82) is 0 Å². The largest absolute Gasteiger partial charge is 0.319 e. The van der Waals surface area contributed by atoms with Crippen molar-refractivity contribution in [1.82, 2.24) is 5.32 Å². The van der Waals surface area contributed by atoms with Crippen LogP contribution in [0.1, 0.15) is 31.7 Å². The summed E-state index contributed by atoms with van der Waals surface area (Å²) in [6.07, 6.45) is 3.96. The van der Waals surface area contributed by atoms with Crippen LogP contribution in [0.15, 0.2) is 24.3 Å². The van der Waals surface area contributed by atoms with Crippen LogP contribution in [-0.2, 0) is 5.41 Å². The highest BCUT2D eigenvalue weighted by atomic mass is 35.5. The summed E-state index contributed by atoms with van der Waals surface area (Å²) in [7, 11) is 2.04. The summed E-state index contributed by atoms with van der Waals surface area (Å²) in [4.78, 5) is 0. The van der Waals surface area contributed by atoms with Crippen molar-refractivity contribution in [3.05, 3.63) is 34.9 Å². The standard InChI is InChI=1S/C14H20ClN/c1-11-4-3-9-14(11,10-16-2)12-5-7-13(15)8-6-12/h5-8,11,16H,3-4,9-10H2,1-2H3. The van der Waals surface area contributed by atoms with E-state index in [1.165, 1.54) is 24.8 Å². The summed E-state index contributed by atoms with van der Waals surface area (Å²) in [6, 6.07) is 8.42. The maximum Gasteiger partial charge on any atom is 0.0406 e. The van der Waals surface area contributed by atoms with E-state index in [9.17, 15) is 0 Å². The van der Waals surface area contributed by atoms with E-state index in [1.54, 1.807) is 0 Å². The summed E-state index contributed by atoms with van der Waals surface area (Å²) < 4.78 is 0. The molecular formula is C14H20ClN. The van der Waals surface area contributed by atoms with Gasteiger partial charge in [0.25, 0.3) is 0 Å². The van der Waals surface area contributed by atoms with E-state index in [-0.39, 0.29) is 0 Å². The molecule has 0 saturated heterocycles. The molecule has 2 unspecified atom stereocenters. The van der Waals surface area contributed by atoms with Crippen LogP contribution in [-0.4, -0.2) is 13.6 Å². The minimum absolute atomic E-state index is 0.319. The quantitative estimate of drug-likeness (QED) is 0.847. The average Bonchev–Trinajstić information content (AvgIpc) is 2.63. The van der Waals surface area contributed by atoms with Crippen molar-refractivity contribution >= 4 is 11.6 Å². The molecule has 88 valence electrons. The van der Waals surface area contributed by atoms with Crippen LogP contribution in [0.3, 0.4) is 0 Å². The second-order valence-electron chi connectivity index (χ2n) is 4.99. The molecule has 1 nitrogen and oxygen atoms in total. The van der Waals surface area contributed by atoms with Gasteiger partial charge in [-0.25, -0.2) is 0 Å². The van der Waals surface area contributed by atoms with Crippen molar-refractivity contribution in [2.24, 2.45) is 5.92 Å². The van der Waals surface area contributed by atoms with Gasteiger partial charge in [-0.3, -0.25) is 0 Å². The minimum atomic E-state index is 0.319. The molecule has 0 amide bonds. The Morgan fingerprint density at radius 2 is 2.06 bits per heavy atom. The van der Waals surface area contributed by atoms with Gasteiger partial charge >= 0.3 is 0 Å². The Bertz CT molecular complexity index is 346. The van der Waals surface area contributed by atoms with E-state index >= 15 is 0 Å². The Morgan fingerprint density at radius 3 is 2.56 bits per heavy atom. The third-order valence-electron chi connectivity index (χ3n) is 4.11. The Morgan fingerprint density at radius 1 is 1.38 bits per heavy atom. The molecule has 1 N–H and O–H groups in total. The highest BCUT2D eigenvalue weighted by Crippen LogP contribution is 2.45. The minimum Gasteiger partial charge on any atom is -0.319 e.